The third kappa shape index (κ3) is 3.50. The van der Waals surface area contributed by atoms with E-state index >= 15 is 0 Å². The van der Waals surface area contributed by atoms with Gasteiger partial charge in [0.15, 0.2) is 0 Å². The van der Waals surface area contributed by atoms with E-state index in [1.165, 1.54) is 18.2 Å². The molecule has 1 N–H and O–H groups in total. The largest absolute Gasteiger partial charge is 0.339 e. The van der Waals surface area contributed by atoms with Crippen LogP contribution < -0.4 is 5.32 Å². The molecule has 0 aromatic heterocycles. The second kappa shape index (κ2) is 6.95. The van der Waals surface area contributed by atoms with Gasteiger partial charge in [-0.3, -0.25) is 4.79 Å². The average Bonchev–Trinajstić information content (AvgIpc) is 2.77. The number of likely N-dealkylation sites (tertiary alicyclic amines) is 1. The molecule has 6 heteroatoms. The third-order valence-electron chi connectivity index (χ3n) is 4.47. The first-order valence-electron chi connectivity index (χ1n) is 7.10. The Hall–Kier alpha value is -0.840. The van der Waals surface area contributed by atoms with Crippen LogP contribution in [0.5, 0.6) is 0 Å². The van der Waals surface area contributed by atoms with Crippen molar-refractivity contribution in [2.24, 2.45) is 11.8 Å². The minimum absolute atomic E-state index is 0. The first-order chi connectivity index (χ1) is 9.65. The summed E-state index contributed by atoms with van der Waals surface area (Å²) in [7, 11) is 0. The fourth-order valence-electron chi connectivity index (χ4n) is 3.25. The van der Waals surface area contributed by atoms with Crippen LogP contribution in [0.3, 0.4) is 0 Å². The van der Waals surface area contributed by atoms with Crippen LogP contribution in [-0.4, -0.2) is 37.0 Å². The minimum Gasteiger partial charge on any atom is -0.339 e. The Morgan fingerprint density at radius 2 is 1.86 bits per heavy atom. The lowest BCUT2D eigenvalue weighted by Gasteiger charge is -2.21. The summed E-state index contributed by atoms with van der Waals surface area (Å²) >= 11 is 5.98. The SMILES string of the molecule is Cl.O=C(c1ccc(F)cc1Cl)N1CC[C@@H]2CNC[C@@H]2CC1. The van der Waals surface area contributed by atoms with Crippen LogP contribution >= 0.6 is 24.0 Å². The second-order valence-corrected chi connectivity index (χ2v) is 6.08. The number of benzene rings is 1. The maximum atomic E-state index is 13.1. The lowest BCUT2D eigenvalue weighted by molar-refractivity contribution is 0.0758. The summed E-state index contributed by atoms with van der Waals surface area (Å²) in [5.41, 5.74) is 0.401. The molecule has 3 rings (SSSR count). The van der Waals surface area contributed by atoms with Crippen molar-refractivity contribution in [3.05, 3.63) is 34.6 Å². The highest BCUT2D eigenvalue weighted by molar-refractivity contribution is 6.33. The molecular formula is C15H19Cl2FN2O. The fourth-order valence-corrected chi connectivity index (χ4v) is 3.50. The topological polar surface area (TPSA) is 32.3 Å². The van der Waals surface area contributed by atoms with Gasteiger partial charge in [-0.15, -0.1) is 12.4 Å². The maximum Gasteiger partial charge on any atom is 0.255 e. The van der Waals surface area contributed by atoms with Gasteiger partial charge in [-0.05, 0) is 56.0 Å². The molecule has 0 unspecified atom stereocenters. The monoisotopic (exact) mass is 332 g/mol. The average molecular weight is 333 g/mol. The van der Waals surface area contributed by atoms with Gasteiger partial charge in [-0.25, -0.2) is 4.39 Å². The predicted octanol–water partition coefficient (Wildman–Crippen LogP) is 2.97. The van der Waals surface area contributed by atoms with E-state index in [2.05, 4.69) is 5.32 Å². The number of rotatable bonds is 1. The zero-order valence-electron chi connectivity index (χ0n) is 11.6. The molecule has 2 aliphatic heterocycles. The first-order valence-corrected chi connectivity index (χ1v) is 7.48. The lowest BCUT2D eigenvalue weighted by Crippen LogP contribution is -2.33. The number of fused-ring (bicyclic) bond motifs is 1. The van der Waals surface area contributed by atoms with Crippen LogP contribution in [-0.2, 0) is 0 Å². The summed E-state index contributed by atoms with van der Waals surface area (Å²) in [5, 5.41) is 3.61. The van der Waals surface area contributed by atoms with E-state index in [4.69, 9.17) is 11.6 Å². The van der Waals surface area contributed by atoms with Crippen LogP contribution in [0, 0.1) is 17.7 Å². The van der Waals surface area contributed by atoms with Crippen molar-refractivity contribution in [2.75, 3.05) is 26.2 Å². The molecule has 3 nitrogen and oxygen atoms in total. The van der Waals surface area contributed by atoms with Crippen molar-refractivity contribution in [1.29, 1.82) is 0 Å². The number of nitrogens with one attached hydrogen (secondary N) is 1. The predicted molar refractivity (Wildman–Crippen MR) is 83.6 cm³/mol. The fraction of sp³-hybridized carbons (Fsp3) is 0.533. The number of amides is 1. The Balaban J connectivity index is 0.00000161. The molecule has 0 radical (unpaired) electrons. The van der Waals surface area contributed by atoms with Crippen molar-refractivity contribution in [3.8, 4) is 0 Å². The summed E-state index contributed by atoms with van der Waals surface area (Å²) in [6.45, 7) is 3.64. The van der Waals surface area contributed by atoms with Crippen LogP contribution in [0.2, 0.25) is 5.02 Å². The van der Waals surface area contributed by atoms with Crippen LogP contribution in [0.25, 0.3) is 0 Å². The summed E-state index contributed by atoms with van der Waals surface area (Å²) in [6.07, 6.45) is 2.06. The van der Waals surface area contributed by atoms with Crippen LogP contribution in [0.1, 0.15) is 23.2 Å². The van der Waals surface area contributed by atoms with E-state index in [9.17, 15) is 9.18 Å². The zero-order valence-corrected chi connectivity index (χ0v) is 13.2. The van der Waals surface area contributed by atoms with Crippen molar-refractivity contribution in [2.45, 2.75) is 12.8 Å². The van der Waals surface area contributed by atoms with Crippen molar-refractivity contribution >= 4 is 29.9 Å². The molecule has 2 atom stereocenters. The maximum absolute atomic E-state index is 13.1. The molecule has 2 fully saturated rings. The minimum atomic E-state index is -0.414. The smallest absolute Gasteiger partial charge is 0.255 e. The molecule has 1 aromatic carbocycles. The van der Waals surface area contributed by atoms with Gasteiger partial charge in [0.1, 0.15) is 5.82 Å². The van der Waals surface area contributed by atoms with Crippen LogP contribution in [0.15, 0.2) is 18.2 Å². The van der Waals surface area contributed by atoms with Crippen LogP contribution in [0.4, 0.5) is 4.39 Å². The molecule has 2 saturated heterocycles. The van der Waals surface area contributed by atoms with Gasteiger partial charge in [0.05, 0.1) is 10.6 Å². The molecule has 21 heavy (non-hydrogen) atoms. The molecule has 2 heterocycles. The molecule has 0 bridgehead atoms. The summed E-state index contributed by atoms with van der Waals surface area (Å²) < 4.78 is 13.1. The van der Waals surface area contributed by atoms with Gasteiger partial charge >= 0.3 is 0 Å². The molecule has 0 saturated carbocycles. The quantitative estimate of drug-likeness (QED) is 0.857. The van der Waals surface area contributed by atoms with Crippen molar-refractivity contribution < 1.29 is 9.18 Å². The Kier molecular flexibility index (Phi) is 5.47. The number of hydrogen-bond acceptors (Lipinski definition) is 2. The summed E-state index contributed by atoms with van der Waals surface area (Å²) in [5.74, 6) is 0.860. The number of carbonyl (C=O) groups is 1. The zero-order chi connectivity index (χ0) is 14.1. The Morgan fingerprint density at radius 3 is 2.43 bits per heavy atom. The molecule has 0 aliphatic carbocycles. The van der Waals surface area contributed by atoms with Gasteiger partial charge < -0.3 is 10.2 Å². The molecular weight excluding hydrogens is 314 g/mol. The lowest BCUT2D eigenvalue weighted by atomic mass is 9.92. The van der Waals surface area contributed by atoms with Gasteiger partial charge in [0.2, 0.25) is 0 Å². The Labute approximate surface area is 135 Å². The number of carbonyl (C=O) groups excluding carboxylic acids is 1. The third-order valence-corrected chi connectivity index (χ3v) is 4.78. The van der Waals surface area contributed by atoms with E-state index in [0.29, 0.717) is 17.4 Å². The second-order valence-electron chi connectivity index (χ2n) is 5.67. The normalized spacial score (nSPS) is 25.0. The Morgan fingerprint density at radius 1 is 1.24 bits per heavy atom. The highest BCUT2D eigenvalue weighted by Crippen LogP contribution is 2.28. The summed E-state index contributed by atoms with van der Waals surface area (Å²) in [4.78, 5) is 14.4. The molecule has 2 aliphatic rings. The van der Waals surface area contributed by atoms with E-state index in [-0.39, 0.29) is 23.3 Å². The van der Waals surface area contributed by atoms with Crippen molar-refractivity contribution in [1.82, 2.24) is 10.2 Å². The van der Waals surface area contributed by atoms with Gasteiger partial charge in [-0.2, -0.15) is 0 Å². The molecule has 1 amide bonds. The number of nitrogens with zero attached hydrogens (tertiary/aromatic N) is 1. The number of hydrogen-bond donors (Lipinski definition) is 1. The molecule has 116 valence electrons. The summed E-state index contributed by atoms with van der Waals surface area (Å²) in [6, 6.07) is 3.97. The van der Waals surface area contributed by atoms with E-state index in [1.54, 1.807) is 0 Å². The molecule has 0 spiro atoms. The Bertz CT molecular complexity index is 512. The highest BCUT2D eigenvalue weighted by Gasteiger charge is 2.32. The standard InChI is InChI=1S/C15H18ClFN2O.ClH/c16-14-7-12(17)1-2-13(14)15(20)19-5-3-10-8-18-9-11(10)4-6-19;/h1-2,7,10-11,18H,3-6,8-9H2;1H/t10-,11+;. The van der Waals surface area contributed by atoms with Gasteiger partial charge in [-0.1, -0.05) is 11.6 Å². The van der Waals surface area contributed by atoms with Gasteiger partial charge in [0.25, 0.3) is 5.91 Å². The van der Waals surface area contributed by atoms with E-state index in [0.717, 1.165) is 39.0 Å². The highest BCUT2D eigenvalue weighted by atomic mass is 35.5. The van der Waals surface area contributed by atoms with E-state index < -0.39 is 5.82 Å². The first kappa shape index (κ1) is 16.5. The molecule has 1 aromatic rings. The van der Waals surface area contributed by atoms with Gasteiger partial charge in [0, 0.05) is 13.1 Å². The van der Waals surface area contributed by atoms with E-state index in [1.807, 2.05) is 4.90 Å². The van der Waals surface area contributed by atoms with Crippen molar-refractivity contribution in [3.63, 3.8) is 0 Å². The number of halogens is 3.